The van der Waals surface area contributed by atoms with Gasteiger partial charge in [-0.05, 0) is 55.7 Å². The number of nitriles is 1. The third-order valence-electron chi connectivity index (χ3n) is 3.72. The molecular weight excluding hydrogens is 268 g/mol. The van der Waals surface area contributed by atoms with E-state index in [0.717, 1.165) is 17.7 Å². The summed E-state index contributed by atoms with van der Waals surface area (Å²) < 4.78 is 0. The molecule has 0 aliphatic carbocycles. The van der Waals surface area contributed by atoms with Crippen LogP contribution >= 0.6 is 0 Å². The minimum absolute atomic E-state index is 0.0677. The first-order valence-corrected chi connectivity index (χ1v) is 7.56. The molecule has 1 unspecified atom stereocenters. The molecule has 0 spiro atoms. The zero-order chi connectivity index (χ0) is 16.1. The van der Waals surface area contributed by atoms with Crippen LogP contribution in [0.3, 0.4) is 0 Å². The molecular formula is C20H22N2. The summed E-state index contributed by atoms with van der Waals surface area (Å²) in [6, 6.07) is 16.4. The molecule has 0 aliphatic rings. The van der Waals surface area contributed by atoms with Crippen molar-refractivity contribution in [2.75, 3.05) is 5.32 Å². The van der Waals surface area contributed by atoms with E-state index in [0.29, 0.717) is 5.56 Å². The third kappa shape index (κ3) is 3.77. The number of hydrogen-bond acceptors (Lipinski definition) is 2. The molecule has 2 aromatic rings. The van der Waals surface area contributed by atoms with E-state index in [1.54, 1.807) is 0 Å². The summed E-state index contributed by atoms with van der Waals surface area (Å²) in [6.45, 7) is 10.5. The number of aryl methyl sites for hydroxylation is 2. The predicted molar refractivity (Wildman–Crippen MR) is 92.9 cm³/mol. The third-order valence-corrected chi connectivity index (χ3v) is 3.72. The van der Waals surface area contributed by atoms with Gasteiger partial charge in [0.1, 0.15) is 0 Å². The van der Waals surface area contributed by atoms with E-state index in [2.05, 4.69) is 50.0 Å². The maximum absolute atomic E-state index is 8.88. The molecule has 2 aromatic carbocycles. The molecule has 0 saturated heterocycles. The van der Waals surface area contributed by atoms with Crippen molar-refractivity contribution >= 4 is 5.69 Å². The Bertz CT molecular complexity index is 705. The van der Waals surface area contributed by atoms with Crippen LogP contribution in [-0.2, 0) is 6.42 Å². The lowest BCUT2D eigenvalue weighted by Crippen LogP contribution is -2.12. The lowest BCUT2D eigenvalue weighted by Gasteiger charge is -2.22. The van der Waals surface area contributed by atoms with E-state index < -0.39 is 0 Å². The first-order chi connectivity index (χ1) is 10.5. The van der Waals surface area contributed by atoms with Crippen LogP contribution in [0.1, 0.15) is 42.1 Å². The van der Waals surface area contributed by atoms with Crippen molar-refractivity contribution in [3.05, 3.63) is 76.9 Å². The molecule has 1 atom stereocenters. The van der Waals surface area contributed by atoms with Gasteiger partial charge in [-0.25, -0.2) is 0 Å². The Morgan fingerprint density at radius 3 is 2.45 bits per heavy atom. The van der Waals surface area contributed by atoms with Crippen molar-refractivity contribution in [3.63, 3.8) is 0 Å². The summed E-state index contributed by atoms with van der Waals surface area (Å²) in [7, 11) is 0. The van der Waals surface area contributed by atoms with E-state index in [-0.39, 0.29) is 6.04 Å². The topological polar surface area (TPSA) is 35.8 Å². The summed E-state index contributed by atoms with van der Waals surface area (Å²) in [5.74, 6) is 0. The fourth-order valence-electron chi connectivity index (χ4n) is 2.56. The van der Waals surface area contributed by atoms with Gasteiger partial charge in [0, 0.05) is 5.69 Å². The Kier molecular flexibility index (Phi) is 5.01. The van der Waals surface area contributed by atoms with Gasteiger partial charge in [-0.2, -0.15) is 5.26 Å². The first kappa shape index (κ1) is 15.9. The van der Waals surface area contributed by atoms with Gasteiger partial charge in [-0.15, -0.1) is 0 Å². The Hall–Kier alpha value is -2.53. The number of nitrogens with zero attached hydrogens (tertiary/aromatic N) is 1. The fourth-order valence-corrected chi connectivity index (χ4v) is 2.56. The van der Waals surface area contributed by atoms with Gasteiger partial charge in [-0.3, -0.25) is 0 Å². The first-order valence-electron chi connectivity index (χ1n) is 7.56. The van der Waals surface area contributed by atoms with Crippen LogP contribution in [0, 0.1) is 18.3 Å². The van der Waals surface area contributed by atoms with Gasteiger partial charge < -0.3 is 5.32 Å². The summed E-state index contributed by atoms with van der Waals surface area (Å²) in [5.41, 5.74) is 6.56. The van der Waals surface area contributed by atoms with E-state index in [1.807, 2.05) is 31.2 Å². The molecule has 0 radical (unpaired) electrons. The van der Waals surface area contributed by atoms with Gasteiger partial charge in [-0.1, -0.05) is 42.8 Å². The van der Waals surface area contributed by atoms with E-state index in [4.69, 9.17) is 5.26 Å². The molecule has 0 aromatic heterocycles. The quantitative estimate of drug-likeness (QED) is 0.772. The molecule has 0 heterocycles. The van der Waals surface area contributed by atoms with Gasteiger partial charge in [0.2, 0.25) is 0 Å². The molecule has 1 N–H and O–H groups in total. The average Bonchev–Trinajstić information content (AvgIpc) is 2.52. The van der Waals surface area contributed by atoms with Crippen LogP contribution in [0.15, 0.2) is 54.6 Å². The summed E-state index contributed by atoms with van der Waals surface area (Å²) >= 11 is 0. The second kappa shape index (κ2) is 6.95. The van der Waals surface area contributed by atoms with Crippen LogP contribution in [0.2, 0.25) is 0 Å². The normalized spacial score (nSPS) is 11.5. The molecule has 0 bridgehead atoms. The minimum Gasteiger partial charge on any atom is -0.374 e. The van der Waals surface area contributed by atoms with Gasteiger partial charge in [0.15, 0.2) is 0 Å². The Morgan fingerprint density at radius 2 is 1.91 bits per heavy atom. The summed E-state index contributed by atoms with van der Waals surface area (Å²) in [5, 5.41) is 12.4. The summed E-state index contributed by atoms with van der Waals surface area (Å²) in [6.07, 6.45) is 1.02. The molecule has 0 fully saturated rings. The molecule has 112 valence electrons. The second-order valence-electron chi connectivity index (χ2n) is 5.72. The molecule has 0 amide bonds. The average molecular weight is 290 g/mol. The molecule has 22 heavy (non-hydrogen) atoms. The predicted octanol–water partition coefficient (Wildman–Crippen LogP) is 5.16. The SMILES string of the molecule is C=C(C)C(Nc1ccc(C#N)cc1)c1cc(C)cc(CC)c1. The fraction of sp³-hybridized carbons (Fsp3) is 0.250. The van der Waals surface area contributed by atoms with E-state index in [9.17, 15) is 0 Å². The van der Waals surface area contributed by atoms with E-state index >= 15 is 0 Å². The Balaban J connectivity index is 2.32. The van der Waals surface area contributed by atoms with Crippen LogP contribution in [0.5, 0.6) is 0 Å². The Labute approximate surface area is 133 Å². The highest BCUT2D eigenvalue weighted by Crippen LogP contribution is 2.27. The highest BCUT2D eigenvalue weighted by atomic mass is 14.9. The molecule has 2 heteroatoms. The van der Waals surface area contributed by atoms with Crippen molar-refractivity contribution in [3.8, 4) is 6.07 Å². The van der Waals surface area contributed by atoms with Gasteiger partial charge in [0.25, 0.3) is 0 Å². The smallest absolute Gasteiger partial charge is 0.0991 e. The maximum Gasteiger partial charge on any atom is 0.0991 e. The van der Waals surface area contributed by atoms with Crippen LogP contribution in [0.4, 0.5) is 5.69 Å². The molecule has 2 nitrogen and oxygen atoms in total. The number of rotatable bonds is 5. The number of nitrogens with one attached hydrogen (secondary N) is 1. The van der Waals surface area contributed by atoms with Crippen LogP contribution < -0.4 is 5.32 Å². The van der Waals surface area contributed by atoms with Crippen molar-refractivity contribution < 1.29 is 0 Å². The molecule has 2 rings (SSSR count). The van der Waals surface area contributed by atoms with Crippen molar-refractivity contribution in [1.29, 1.82) is 5.26 Å². The highest BCUT2D eigenvalue weighted by molar-refractivity contribution is 5.51. The second-order valence-corrected chi connectivity index (χ2v) is 5.72. The van der Waals surface area contributed by atoms with Crippen molar-refractivity contribution in [1.82, 2.24) is 0 Å². The lowest BCUT2D eigenvalue weighted by molar-refractivity contribution is 0.907. The summed E-state index contributed by atoms with van der Waals surface area (Å²) in [4.78, 5) is 0. The Morgan fingerprint density at radius 1 is 1.23 bits per heavy atom. The van der Waals surface area contributed by atoms with Crippen LogP contribution in [0.25, 0.3) is 0 Å². The monoisotopic (exact) mass is 290 g/mol. The zero-order valence-corrected chi connectivity index (χ0v) is 13.5. The minimum atomic E-state index is 0.0677. The largest absolute Gasteiger partial charge is 0.374 e. The lowest BCUT2D eigenvalue weighted by atomic mass is 9.95. The van der Waals surface area contributed by atoms with Crippen molar-refractivity contribution in [2.45, 2.75) is 33.2 Å². The van der Waals surface area contributed by atoms with Crippen molar-refractivity contribution in [2.24, 2.45) is 0 Å². The molecule has 0 aliphatic heterocycles. The zero-order valence-electron chi connectivity index (χ0n) is 13.5. The number of hydrogen-bond donors (Lipinski definition) is 1. The molecule has 0 saturated carbocycles. The van der Waals surface area contributed by atoms with Crippen LogP contribution in [-0.4, -0.2) is 0 Å². The van der Waals surface area contributed by atoms with Gasteiger partial charge >= 0.3 is 0 Å². The highest BCUT2D eigenvalue weighted by Gasteiger charge is 2.13. The maximum atomic E-state index is 8.88. The van der Waals surface area contributed by atoms with Gasteiger partial charge in [0.05, 0.1) is 17.7 Å². The van der Waals surface area contributed by atoms with E-state index in [1.165, 1.54) is 16.7 Å². The standard InChI is InChI=1S/C20H22N2/c1-5-16-10-15(4)11-18(12-16)20(14(2)3)22-19-8-6-17(13-21)7-9-19/h6-12,20,22H,2,5H2,1,3-4H3. The number of anilines is 1. The number of benzene rings is 2.